The topological polar surface area (TPSA) is 92.6 Å². The molecule has 9 heteroatoms. The molecule has 0 heterocycles. The minimum absolute atomic E-state index is 0.0371. The number of hydrogen-bond acceptors (Lipinski definition) is 4. The molecular formula is C28H29Cl2N3O4. The number of nitrogens with one attached hydrogen (secondary N) is 1. The van der Waals surface area contributed by atoms with Gasteiger partial charge in [-0.05, 0) is 23.6 Å². The van der Waals surface area contributed by atoms with Crippen molar-refractivity contribution in [3.8, 4) is 0 Å². The summed E-state index contributed by atoms with van der Waals surface area (Å²) in [6, 6.07) is 19.6. The molecule has 0 unspecified atom stereocenters. The van der Waals surface area contributed by atoms with Crippen LogP contribution in [0.4, 0.5) is 5.69 Å². The summed E-state index contributed by atoms with van der Waals surface area (Å²) in [7, 11) is 0. The van der Waals surface area contributed by atoms with Crippen molar-refractivity contribution in [2.45, 2.75) is 39.3 Å². The second-order valence-electron chi connectivity index (χ2n) is 9.13. The average molecular weight is 542 g/mol. The fourth-order valence-electron chi connectivity index (χ4n) is 3.93. The molecule has 0 aliphatic carbocycles. The minimum atomic E-state index is -0.899. The number of rotatable bonds is 11. The van der Waals surface area contributed by atoms with Gasteiger partial charge in [-0.15, -0.1) is 0 Å². The predicted molar refractivity (Wildman–Crippen MR) is 146 cm³/mol. The highest BCUT2D eigenvalue weighted by Gasteiger charge is 2.32. The van der Waals surface area contributed by atoms with Gasteiger partial charge in [0.1, 0.15) is 6.04 Å². The third kappa shape index (κ3) is 7.78. The van der Waals surface area contributed by atoms with Crippen LogP contribution in [-0.2, 0) is 29.0 Å². The number of hydrogen-bond donors (Lipinski definition) is 1. The smallest absolute Gasteiger partial charge is 0.273 e. The molecule has 7 nitrogen and oxygen atoms in total. The summed E-state index contributed by atoms with van der Waals surface area (Å²) < 4.78 is 0. The maximum Gasteiger partial charge on any atom is 0.273 e. The lowest BCUT2D eigenvalue weighted by Crippen LogP contribution is -2.51. The summed E-state index contributed by atoms with van der Waals surface area (Å²) in [5, 5.41) is 15.2. The molecule has 3 aromatic rings. The number of carbonyl (C=O) groups excluding carboxylic acids is 2. The number of nitro groups is 1. The molecule has 0 fully saturated rings. The van der Waals surface area contributed by atoms with Crippen LogP contribution in [0, 0.1) is 16.0 Å². The van der Waals surface area contributed by atoms with Crippen molar-refractivity contribution in [2.24, 2.45) is 5.92 Å². The number of nitro benzene ring substituents is 1. The Balaban J connectivity index is 2.05. The molecular weight excluding hydrogens is 513 g/mol. The first-order valence-corrected chi connectivity index (χ1v) is 12.7. The molecule has 2 amide bonds. The van der Waals surface area contributed by atoms with E-state index in [-0.39, 0.29) is 42.5 Å². The minimum Gasteiger partial charge on any atom is -0.354 e. The van der Waals surface area contributed by atoms with E-state index >= 15 is 0 Å². The van der Waals surface area contributed by atoms with E-state index in [9.17, 15) is 19.7 Å². The third-order valence-corrected chi connectivity index (χ3v) is 6.58. The third-order valence-electron chi connectivity index (χ3n) is 5.88. The van der Waals surface area contributed by atoms with Crippen molar-refractivity contribution >= 4 is 40.7 Å². The zero-order valence-corrected chi connectivity index (χ0v) is 22.2. The van der Waals surface area contributed by atoms with Gasteiger partial charge < -0.3 is 10.2 Å². The van der Waals surface area contributed by atoms with Gasteiger partial charge in [-0.25, -0.2) is 0 Å². The summed E-state index contributed by atoms with van der Waals surface area (Å²) in [5.74, 6) is -0.571. The predicted octanol–water partition coefficient (Wildman–Crippen LogP) is 5.86. The molecule has 0 saturated carbocycles. The number of halogens is 2. The van der Waals surface area contributed by atoms with Crippen molar-refractivity contribution in [2.75, 3.05) is 6.54 Å². The van der Waals surface area contributed by atoms with Crippen LogP contribution in [-0.4, -0.2) is 34.2 Å². The Bertz CT molecular complexity index is 1230. The molecule has 37 heavy (non-hydrogen) atoms. The van der Waals surface area contributed by atoms with Gasteiger partial charge in [-0.1, -0.05) is 91.6 Å². The summed E-state index contributed by atoms with van der Waals surface area (Å²) in [6.45, 7) is 4.36. The van der Waals surface area contributed by atoms with Gasteiger partial charge >= 0.3 is 0 Å². The molecule has 1 atom stereocenters. The number of carbonyl (C=O) groups is 2. The van der Waals surface area contributed by atoms with Gasteiger partial charge in [-0.2, -0.15) is 0 Å². The highest BCUT2D eigenvalue weighted by molar-refractivity contribution is 6.36. The standard InChI is InChI=1S/C28H29Cl2N3O4/c1-19(2)17-31-28(35)26(15-20-9-4-3-5-10-20)32(18-22-23(29)12-8-13-24(22)30)27(34)16-21-11-6-7-14-25(21)33(36)37/h3-14,19,26H,15-18H2,1-2H3,(H,31,35)/t26-/m0/s1. The van der Waals surface area contributed by atoms with Crippen molar-refractivity contribution in [1.29, 1.82) is 0 Å². The van der Waals surface area contributed by atoms with Crippen molar-refractivity contribution < 1.29 is 14.5 Å². The molecule has 0 radical (unpaired) electrons. The highest BCUT2D eigenvalue weighted by Crippen LogP contribution is 2.28. The normalized spacial score (nSPS) is 11.7. The molecule has 3 rings (SSSR count). The zero-order chi connectivity index (χ0) is 26.9. The van der Waals surface area contributed by atoms with Crippen LogP contribution in [0.1, 0.15) is 30.5 Å². The number of para-hydroxylation sites is 1. The molecule has 0 spiro atoms. The first-order chi connectivity index (χ1) is 17.7. The van der Waals surface area contributed by atoms with E-state index in [2.05, 4.69) is 5.32 Å². The van der Waals surface area contributed by atoms with Crippen LogP contribution in [0.5, 0.6) is 0 Å². The Morgan fingerprint density at radius 2 is 1.57 bits per heavy atom. The number of nitrogens with zero attached hydrogens (tertiary/aromatic N) is 2. The fourth-order valence-corrected chi connectivity index (χ4v) is 4.45. The zero-order valence-electron chi connectivity index (χ0n) is 20.7. The first kappa shape index (κ1) is 28.2. The second kappa shape index (κ2) is 13.2. The Kier molecular flexibility index (Phi) is 10.1. The van der Waals surface area contributed by atoms with Gasteiger partial charge in [0.2, 0.25) is 11.8 Å². The Morgan fingerprint density at radius 3 is 2.19 bits per heavy atom. The van der Waals surface area contributed by atoms with Crippen LogP contribution in [0.3, 0.4) is 0 Å². The van der Waals surface area contributed by atoms with Gasteiger partial charge in [-0.3, -0.25) is 19.7 Å². The van der Waals surface area contributed by atoms with Crippen LogP contribution >= 0.6 is 23.2 Å². The van der Waals surface area contributed by atoms with Gasteiger partial charge in [0.25, 0.3) is 5.69 Å². The van der Waals surface area contributed by atoms with Crippen molar-refractivity contribution in [3.05, 3.63) is 110 Å². The van der Waals surface area contributed by atoms with Crippen LogP contribution in [0.15, 0.2) is 72.8 Å². The molecule has 0 aliphatic heterocycles. The lowest BCUT2D eigenvalue weighted by atomic mass is 10.0. The van der Waals surface area contributed by atoms with E-state index in [0.717, 1.165) is 5.56 Å². The maximum atomic E-state index is 13.8. The van der Waals surface area contributed by atoms with Crippen LogP contribution in [0.2, 0.25) is 10.0 Å². The van der Waals surface area contributed by atoms with Gasteiger partial charge in [0.05, 0.1) is 11.3 Å². The summed E-state index contributed by atoms with van der Waals surface area (Å²) >= 11 is 12.9. The lowest BCUT2D eigenvalue weighted by molar-refractivity contribution is -0.385. The molecule has 0 saturated heterocycles. The molecule has 194 valence electrons. The summed E-state index contributed by atoms with van der Waals surface area (Å²) in [5.41, 5.74) is 1.46. The molecule has 3 aromatic carbocycles. The molecule has 0 aromatic heterocycles. The van der Waals surface area contributed by atoms with E-state index < -0.39 is 16.9 Å². The summed E-state index contributed by atoms with van der Waals surface area (Å²) in [6.07, 6.45) is -0.0164. The van der Waals surface area contributed by atoms with Gasteiger partial charge in [0.15, 0.2) is 0 Å². The van der Waals surface area contributed by atoms with Crippen LogP contribution < -0.4 is 5.32 Å². The second-order valence-corrected chi connectivity index (χ2v) is 9.94. The van der Waals surface area contributed by atoms with E-state index in [1.54, 1.807) is 36.4 Å². The van der Waals surface area contributed by atoms with E-state index in [1.807, 2.05) is 44.2 Å². The largest absolute Gasteiger partial charge is 0.354 e. The molecule has 1 N–H and O–H groups in total. The first-order valence-electron chi connectivity index (χ1n) is 11.9. The van der Waals surface area contributed by atoms with E-state index in [4.69, 9.17) is 23.2 Å². The monoisotopic (exact) mass is 541 g/mol. The molecule has 0 bridgehead atoms. The van der Waals surface area contributed by atoms with E-state index in [0.29, 0.717) is 22.2 Å². The van der Waals surface area contributed by atoms with Crippen LogP contribution in [0.25, 0.3) is 0 Å². The van der Waals surface area contributed by atoms with Crippen molar-refractivity contribution in [1.82, 2.24) is 10.2 Å². The number of benzene rings is 3. The fraction of sp³-hybridized carbons (Fsp3) is 0.286. The Morgan fingerprint density at radius 1 is 0.946 bits per heavy atom. The SMILES string of the molecule is CC(C)CNC(=O)[C@H](Cc1ccccc1)N(Cc1c(Cl)cccc1Cl)C(=O)Cc1ccccc1[N+](=O)[O-]. The summed E-state index contributed by atoms with van der Waals surface area (Å²) in [4.78, 5) is 39.8. The molecule has 0 aliphatic rings. The van der Waals surface area contributed by atoms with Gasteiger partial charge in [0, 0.05) is 46.7 Å². The number of amides is 2. The lowest BCUT2D eigenvalue weighted by Gasteiger charge is -2.32. The Hall–Kier alpha value is -3.42. The average Bonchev–Trinajstić information content (AvgIpc) is 2.87. The Labute approximate surface area is 226 Å². The van der Waals surface area contributed by atoms with E-state index in [1.165, 1.54) is 11.0 Å². The van der Waals surface area contributed by atoms with Crippen molar-refractivity contribution in [3.63, 3.8) is 0 Å². The quantitative estimate of drug-likeness (QED) is 0.243. The maximum absolute atomic E-state index is 13.8. The highest BCUT2D eigenvalue weighted by atomic mass is 35.5.